The highest BCUT2D eigenvalue weighted by molar-refractivity contribution is 8.19. The van der Waals surface area contributed by atoms with Crippen LogP contribution in [0.4, 0.5) is 15.3 Å². The Bertz CT molecular complexity index is 814. The Hall–Kier alpha value is -2.53. The molecule has 2 aliphatic rings. The Labute approximate surface area is 156 Å². The fourth-order valence-electron chi connectivity index (χ4n) is 2.45. The number of imide groups is 2. The number of hydrogen-bond acceptors (Lipinski definition) is 8. The lowest BCUT2D eigenvalue weighted by atomic mass is 10.2. The highest BCUT2D eigenvalue weighted by Crippen LogP contribution is 2.36. The van der Waals surface area contributed by atoms with E-state index in [1.807, 2.05) is 0 Å². The number of carbonyl (C=O) groups is 5. The first kappa shape index (κ1) is 18.3. The summed E-state index contributed by atoms with van der Waals surface area (Å²) < 4.78 is 5.12. The second-order valence-electron chi connectivity index (χ2n) is 5.29. The first-order valence-corrected chi connectivity index (χ1v) is 9.13. The van der Waals surface area contributed by atoms with Gasteiger partial charge in [-0.3, -0.25) is 34.2 Å². The summed E-state index contributed by atoms with van der Waals surface area (Å²) in [5.74, 6) is -1.43. The molecule has 136 valence electrons. The van der Waals surface area contributed by atoms with Crippen LogP contribution in [-0.4, -0.2) is 57.3 Å². The van der Waals surface area contributed by atoms with E-state index in [4.69, 9.17) is 4.74 Å². The number of amides is 5. The number of carbonyl (C=O) groups excluding carboxylic acids is 5. The molecule has 11 heteroatoms. The highest BCUT2D eigenvalue weighted by atomic mass is 32.2. The number of anilines is 1. The molecule has 1 aromatic carbocycles. The van der Waals surface area contributed by atoms with Crippen LogP contribution in [0.25, 0.3) is 0 Å². The average Bonchev–Trinajstić information content (AvgIpc) is 3.08. The maximum absolute atomic E-state index is 12.4. The fraction of sp³-hybridized carbons (Fsp3) is 0.267. The summed E-state index contributed by atoms with van der Waals surface area (Å²) in [6.45, 7) is -0.494. The molecular weight excluding hydrogens is 382 g/mol. The zero-order chi connectivity index (χ0) is 18.8. The maximum atomic E-state index is 12.4. The summed E-state index contributed by atoms with van der Waals surface area (Å²) in [7, 11) is 1.45. The number of benzene rings is 1. The van der Waals surface area contributed by atoms with E-state index in [1.54, 1.807) is 24.3 Å². The second kappa shape index (κ2) is 7.38. The minimum Gasteiger partial charge on any atom is -0.495 e. The van der Waals surface area contributed by atoms with Gasteiger partial charge in [-0.15, -0.1) is 0 Å². The molecule has 0 aliphatic carbocycles. The lowest BCUT2D eigenvalue weighted by molar-refractivity contribution is -0.131. The van der Waals surface area contributed by atoms with Crippen molar-refractivity contribution < 1.29 is 28.7 Å². The quantitative estimate of drug-likeness (QED) is 0.759. The van der Waals surface area contributed by atoms with Crippen LogP contribution < -0.4 is 15.4 Å². The number of nitrogens with one attached hydrogen (secondary N) is 2. The van der Waals surface area contributed by atoms with Crippen LogP contribution in [0.5, 0.6) is 5.75 Å². The summed E-state index contributed by atoms with van der Waals surface area (Å²) in [5, 5.41) is 1.44. The first-order chi connectivity index (χ1) is 12.4. The molecule has 3 rings (SSSR count). The Kier molecular flexibility index (Phi) is 5.18. The average molecular weight is 395 g/mol. The van der Waals surface area contributed by atoms with Crippen LogP contribution in [0.2, 0.25) is 0 Å². The molecule has 2 atom stereocenters. The molecule has 26 heavy (non-hydrogen) atoms. The van der Waals surface area contributed by atoms with E-state index in [-0.39, 0.29) is 0 Å². The third kappa shape index (κ3) is 3.53. The minimum absolute atomic E-state index is 0.402. The van der Waals surface area contributed by atoms with Crippen LogP contribution in [-0.2, 0) is 14.4 Å². The third-order valence-corrected chi connectivity index (χ3v) is 6.01. The van der Waals surface area contributed by atoms with E-state index < -0.39 is 45.2 Å². The van der Waals surface area contributed by atoms with Gasteiger partial charge in [0.25, 0.3) is 10.5 Å². The van der Waals surface area contributed by atoms with E-state index in [0.29, 0.717) is 35.0 Å². The standard InChI is InChI=1S/C15H13N3O6S2/c1-24-8-5-3-2-4-7(8)16-9(19)6-18-13(21)11(26-15(18)23)10-12(20)17-14(22)25-10/h2-5,10-11H,6H2,1H3,(H,16,19)(H,17,20,22)/t10-,11+/m1/s1. The molecule has 0 spiro atoms. The van der Waals surface area contributed by atoms with Crippen molar-refractivity contribution in [3.05, 3.63) is 24.3 Å². The summed E-state index contributed by atoms with van der Waals surface area (Å²) in [4.78, 5) is 60.5. The van der Waals surface area contributed by atoms with E-state index in [2.05, 4.69) is 10.6 Å². The van der Waals surface area contributed by atoms with Gasteiger partial charge in [-0.2, -0.15) is 0 Å². The van der Waals surface area contributed by atoms with E-state index in [9.17, 15) is 24.0 Å². The molecule has 0 bridgehead atoms. The van der Waals surface area contributed by atoms with Gasteiger partial charge in [0.15, 0.2) is 0 Å². The van der Waals surface area contributed by atoms with E-state index in [1.165, 1.54) is 7.11 Å². The summed E-state index contributed by atoms with van der Waals surface area (Å²) in [6.07, 6.45) is 0. The van der Waals surface area contributed by atoms with Gasteiger partial charge >= 0.3 is 0 Å². The second-order valence-corrected chi connectivity index (χ2v) is 7.50. The molecule has 1 aromatic rings. The molecule has 0 radical (unpaired) electrons. The lowest BCUT2D eigenvalue weighted by Gasteiger charge is -2.15. The molecule has 2 fully saturated rings. The number of ether oxygens (including phenoxy) is 1. The number of nitrogens with zero attached hydrogens (tertiary/aromatic N) is 1. The minimum atomic E-state index is -1.03. The number of rotatable bonds is 5. The smallest absolute Gasteiger partial charge is 0.289 e. The van der Waals surface area contributed by atoms with Crippen LogP contribution in [0.15, 0.2) is 24.3 Å². The van der Waals surface area contributed by atoms with Crippen LogP contribution >= 0.6 is 23.5 Å². The Morgan fingerprint density at radius 2 is 1.92 bits per heavy atom. The molecule has 0 saturated carbocycles. The number of para-hydroxylation sites is 2. The van der Waals surface area contributed by atoms with Gasteiger partial charge in [-0.1, -0.05) is 12.1 Å². The molecular formula is C15H13N3O6S2. The predicted octanol–water partition coefficient (Wildman–Crippen LogP) is 1.05. The Morgan fingerprint density at radius 3 is 2.58 bits per heavy atom. The largest absolute Gasteiger partial charge is 0.495 e. The number of hydrogen-bond donors (Lipinski definition) is 2. The summed E-state index contributed by atoms with van der Waals surface area (Å²) in [5.41, 5.74) is 0.402. The van der Waals surface area contributed by atoms with Crippen molar-refractivity contribution in [2.45, 2.75) is 10.5 Å². The van der Waals surface area contributed by atoms with Gasteiger partial charge in [-0.05, 0) is 35.7 Å². The van der Waals surface area contributed by atoms with Crippen molar-refractivity contribution in [2.24, 2.45) is 0 Å². The van der Waals surface area contributed by atoms with Gasteiger partial charge in [0.2, 0.25) is 17.7 Å². The van der Waals surface area contributed by atoms with Gasteiger partial charge in [0.05, 0.1) is 12.8 Å². The van der Waals surface area contributed by atoms with E-state index >= 15 is 0 Å². The summed E-state index contributed by atoms with van der Waals surface area (Å²) >= 11 is 1.31. The molecule has 5 amide bonds. The predicted molar refractivity (Wildman–Crippen MR) is 95.0 cm³/mol. The maximum Gasteiger partial charge on any atom is 0.289 e. The fourth-order valence-corrected chi connectivity index (χ4v) is 4.55. The highest BCUT2D eigenvalue weighted by Gasteiger charge is 2.50. The van der Waals surface area contributed by atoms with Gasteiger partial charge < -0.3 is 10.1 Å². The summed E-state index contributed by atoms with van der Waals surface area (Å²) in [6, 6.07) is 6.70. The first-order valence-electron chi connectivity index (χ1n) is 7.37. The van der Waals surface area contributed by atoms with Crippen molar-refractivity contribution in [2.75, 3.05) is 19.0 Å². The topological polar surface area (TPSA) is 122 Å². The molecule has 2 aliphatic heterocycles. The Morgan fingerprint density at radius 1 is 1.19 bits per heavy atom. The molecule has 2 N–H and O–H groups in total. The number of methoxy groups -OCH3 is 1. The third-order valence-electron chi connectivity index (χ3n) is 3.63. The van der Waals surface area contributed by atoms with Gasteiger partial charge in [0, 0.05) is 0 Å². The molecule has 0 aromatic heterocycles. The van der Waals surface area contributed by atoms with Crippen molar-refractivity contribution in [3.8, 4) is 5.75 Å². The van der Waals surface area contributed by atoms with Crippen LogP contribution in [0.3, 0.4) is 0 Å². The lowest BCUT2D eigenvalue weighted by Crippen LogP contribution is -2.42. The van der Waals surface area contributed by atoms with Crippen LogP contribution in [0, 0.1) is 0 Å². The van der Waals surface area contributed by atoms with Crippen molar-refractivity contribution in [1.82, 2.24) is 10.2 Å². The molecule has 2 saturated heterocycles. The van der Waals surface area contributed by atoms with Crippen molar-refractivity contribution in [3.63, 3.8) is 0 Å². The van der Waals surface area contributed by atoms with E-state index in [0.717, 1.165) is 4.90 Å². The Balaban J connectivity index is 1.67. The monoisotopic (exact) mass is 395 g/mol. The molecule has 0 unspecified atom stereocenters. The molecule has 2 heterocycles. The number of thioether (sulfide) groups is 2. The van der Waals surface area contributed by atoms with Crippen molar-refractivity contribution >= 4 is 57.4 Å². The zero-order valence-corrected chi connectivity index (χ0v) is 15.0. The normalized spacial score (nSPS) is 22.6. The van der Waals surface area contributed by atoms with Gasteiger partial charge in [0.1, 0.15) is 22.8 Å². The van der Waals surface area contributed by atoms with Crippen molar-refractivity contribution in [1.29, 1.82) is 0 Å². The molecule has 9 nitrogen and oxygen atoms in total. The zero-order valence-electron chi connectivity index (χ0n) is 13.4. The SMILES string of the molecule is COc1ccccc1NC(=O)CN1C(=O)S[C@@H]([C@H]2SC(=O)NC2=O)C1=O. The van der Waals surface area contributed by atoms with Crippen LogP contribution in [0.1, 0.15) is 0 Å². The van der Waals surface area contributed by atoms with Gasteiger partial charge in [-0.25, -0.2) is 0 Å².